The Morgan fingerprint density at radius 3 is 2.70 bits per heavy atom. The van der Waals surface area contributed by atoms with Crippen molar-refractivity contribution >= 4 is 33.8 Å². The van der Waals surface area contributed by atoms with Crippen molar-refractivity contribution in [1.82, 2.24) is 15.0 Å². The fourth-order valence-electron chi connectivity index (χ4n) is 4.11. The second-order valence-corrected chi connectivity index (χ2v) is 8.02. The fourth-order valence-corrected chi connectivity index (χ4v) is 4.11. The molecule has 4 N–H and O–H groups in total. The van der Waals surface area contributed by atoms with Gasteiger partial charge in [0.1, 0.15) is 11.6 Å². The number of aromatic amines is 1. The Balaban J connectivity index is 1.53. The van der Waals surface area contributed by atoms with E-state index in [9.17, 15) is 4.79 Å². The molecule has 4 heterocycles. The Bertz CT molecular complexity index is 1340. The summed E-state index contributed by atoms with van der Waals surface area (Å²) in [6.07, 6.45) is 4.14. The molecule has 4 aromatic rings. The van der Waals surface area contributed by atoms with E-state index in [1.54, 1.807) is 12.4 Å². The van der Waals surface area contributed by atoms with E-state index in [0.717, 1.165) is 66.3 Å². The zero-order chi connectivity index (χ0) is 22.8. The first-order valence-electron chi connectivity index (χ1n) is 11.1. The number of hydrogen-bond donors (Lipinski definition) is 3. The molecule has 1 aromatic carbocycles. The lowest BCUT2D eigenvalue weighted by atomic mass is 10.1. The van der Waals surface area contributed by atoms with Crippen molar-refractivity contribution in [3.05, 3.63) is 70.8 Å². The van der Waals surface area contributed by atoms with E-state index in [1.807, 2.05) is 37.3 Å². The van der Waals surface area contributed by atoms with Crippen LogP contribution in [-0.4, -0.2) is 41.3 Å². The number of aryl methyl sites for hydroxylation is 1. The lowest BCUT2D eigenvalue weighted by Gasteiger charge is -2.28. The minimum Gasteiger partial charge on any atom is -0.383 e. The monoisotopic (exact) mass is 442 g/mol. The average molecular weight is 443 g/mol. The maximum absolute atomic E-state index is 12.7. The highest BCUT2D eigenvalue weighted by atomic mass is 16.5. The number of fused-ring (bicyclic) bond motifs is 1. The van der Waals surface area contributed by atoms with Gasteiger partial charge in [0.2, 0.25) is 0 Å². The van der Waals surface area contributed by atoms with E-state index < -0.39 is 0 Å². The molecule has 1 aliphatic rings. The molecule has 8 heteroatoms. The normalized spacial score (nSPS) is 13.9. The molecule has 3 aromatic heterocycles. The van der Waals surface area contributed by atoms with Crippen LogP contribution in [0, 0.1) is 0 Å². The molecular formula is C25H26N6O2. The summed E-state index contributed by atoms with van der Waals surface area (Å²) in [5, 5.41) is 4.66. The van der Waals surface area contributed by atoms with Gasteiger partial charge in [0.05, 0.1) is 24.3 Å². The number of morpholine rings is 1. The summed E-state index contributed by atoms with van der Waals surface area (Å²) >= 11 is 0. The highest BCUT2D eigenvalue weighted by Crippen LogP contribution is 2.29. The molecule has 1 saturated heterocycles. The van der Waals surface area contributed by atoms with Crippen LogP contribution >= 0.6 is 0 Å². The molecule has 168 valence electrons. The Morgan fingerprint density at radius 2 is 1.94 bits per heavy atom. The number of nitrogens with one attached hydrogen (secondary N) is 2. The van der Waals surface area contributed by atoms with Crippen LogP contribution in [0.2, 0.25) is 0 Å². The standard InChI is InChI=1S/C25H26N6O2/c1-2-16-13-18(15-28-23(16)26)21-14-17-7-8-27-25(32)22(17)24(30-21)29-19-3-5-20(6-4-19)31-9-11-33-12-10-31/h3-8,13-15H,2,9-12H2,1H3,(H2,26,28)(H,27,32)(H,29,30). The van der Waals surface area contributed by atoms with Gasteiger partial charge in [0, 0.05) is 42.4 Å². The minimum absolute atomic E-state index is 0.191. The summed E-state index contributed by atoms with van der Waals surface area (Å²) in [5.74, 6) is 1.02. The lowest BCUT2D eigenvalue weighted by molar-refractivity contribution is 0.122. The van der Waals surface area contributed by atoms with Crippen molar-refractivity contribution in [2.24, 2.45) is 0 Å². The Kier molecular flexibility index (Phi) is 5.66. The molecule has 5 rings (SSSR count). The van der Waals surface area contributed by atoms with Crippen LogP contribution in [0.3, 0.4) is 0 Å². The summed E-state index contributed by atoms with van der Waals surface area (Å²) in [5.41, 5.74) is 10.3. The van der Waals surface area contributed by atoms with Gasteiger partial charge in [0.15, 0.2) is 0 Å². The number of nitrogen functional groups attached to an aromatic ring is 1. The lowest BCUT2D eigenvalue weighted by Crippen LogP contribution is -2.36. The van der Waals surface area contributed by atoms with Gasteiger partial charge in [0.25, 0.3) is 5.56 Å². The van der Waals surface area contributed by atoms with Gasteiger partial charge >= 0.3 is 0 Å². The predicted molar refractivity (Wildman–Crippen MR) is 132 cm³/mol. The third-order valence-corrected chi connectivity index (χ3v) is 5.94. The van der Waals surface area contributed by atoms with E-state index in [2.05, 4.69) is 32.3 Å². The van der Waals surface area contributed by atoms with Gasteiger partial charge in [-0.3, -0.25) is 4.79 Å². The molecular weight excluding hydrogens is 416 g/mol. The van der Waals surface area contributed by atoms with Gasteiger partial charge in [-0.25, -0.2) is 9.97 Å². The maximum atomic E-state index is 12.7. The van der Waals surface area contributed by atoms with Gasteiger partial charge < -0.3 is 25.7 Å². The number of nitrogens with zero attached hydrogens (tertiary/aromatic N) is 3. The van der Waals surface area contributed by atoms with E-state index in [-0.39, 0.29) is 5.56 Å². The van der Waals surface area contributed by atoms with E-state index >= 15 is 0 Å². The number of hydrogen-bond acceptors (Lipinski definition) is 7. The third-order valence-electron chi connectivity index (χ3n) is 5.94. The van der Waals surface area contributed by atoms with Crippen LogP contribution < -0.4 is 21.5 Å². The number of benzene rings is 1. The molecule has 33 heavy (non-hydrogen) atoms. The topological polar surface area (TPSA) is 109 Å². The number of H-pyrrole nitrogens is 1. The Hall–Kier alpha value is -3.91. The molecule has 8 nitrogen and oxygen atoms in total. The number of ether oxygens (including phenoxy) is 1. The number of pyridine rings is 3. The van der Waals surface area contributed by atoms with Gasteiger partial charge in [-0.05, 0) is 59.8 Å². The highest BCUT2D eigenvalue weighted by molar-refractivity contribution is 5.95. The van der Waals surface area contributed by atoms with Crippen LogP contribution in [-0.2, 0) is 11.2 Å². The molecule has 0 atom stereocenters. The summed E-state index contributed by atoms with van der Waals surface area (Å²) in [6.45, 7) is 5.28. The fraction of sp³-hybridized carbons (Fsp3) is 0.240. The van der Waals surface area contributed by atoms with Crippen LogP contribution in [0.25, 0.3) is 22.0 Å². The summed E-state index contributed by atoms with van der Waals surface area (Å²) < 4.78 is 5.44. The molecule has 0 unspecified atom stereocenters. The first-order chi connectivity index (χ1) is 16.1. The zero-order valence-electron chi connectivity index (χ0n) is 18.5. The van der Waals surface area contributed by atoms with Crippen molar-refractivity contribution in [2.75, 3.05) is 42.3 Å². The second-order valence-electron chi connectivity index (χ2n) is 8.02. The van der Waals surface area contributed by atoms with Gasteiger partial charge in [-0.2, -0.15) is 0 Å². The Labute approximate surface area is 191 Å². The van der Waals surface area contributed by atoms with Crippen LogP contribution in [0.5, 0.6) is 0 Å². The quantitative estimate of drug-likeness (QED) is 0.432. The first kappa shape index (κ1) is 21.0. The molecule has 0 spiro atoms. The number of rotatable bonds is 5. The minimum atomic E-state index is -0.191. The summed E-state index contributed by atoms with van der Waals surface area (Å²) in [4.78, 5) is 26.8. The van der Waals surface area contributed by atoms with E-state index in [4.69, 9.17) is 15.5 Å². The third kappa shape index (κ3) is 4.25. The molecule has 1 aliphatic heterocycles. The SMILES string of the molecule is CCc1cc(-c2cc3cc[nH]c(=O)c3c(Nc3ccc(N4CCOCC4)cc3)n2)cnc1N. The molecule has 1 fully saturated rings. The van der Waals surface area contributed by atoms with Crippen LogP contribution in [0.4, 0.5) is 23.0 Å². The Morgan fingerprint density at radius 1 is 1.15 bits per heavy atom. The molecule has 0 amide bonds. The van der Waals surface area contributed by atoms with E-state index in [1.165, 1.54) is 0 Å². The maximum Gasteiger partial charge on any atom is 0.259 e. The number of aromatic nitrogens is 3. The highest BCUT2D eigenvalue weighted by Gasteiger charge is 2.14. The van der Waals surface area contributed by atoms with Gasteiger partial charge in [-0.1, -0.05) is 6.92 Å². The number of nitrogens with two attached hydrogens (primary N) is 1. The molecule has 0 aliphatic carbocycles. The van der Waals surface area contributed by atoms with Crippen LogP contribution in [0.15, 0.2) is 59.7 Å². The molecule has 0 saturated carbocycles. The summed E-state index contributed by atoms with van der Waals surface area (Å²) in [7, 11) is 0. The summed E-state index contributed by atoms with van der Waals surface area (Å²) in [6, 6.07) is 13.9. The van der Waals surface area contributed by atoms with Crippen LogP contribution in [0.1, 0.15) is 12.5 Å². The largest absolute Gasteiger partial charge is 0.383 e. The van der Waals surface area contributed by atoms with Crippen molar-refractivity contribution in [2.45, 2.75) is 13.3 Å². The zero-order valence-corrected chi connectivity index (χ0v) is 18.5. The predicted octanol–water partition coefficient (Wildman–Crippen LogP) is 3.71. The smallest absolute Gasteiger partial charge is 0.259 e. The van der Waals surface area contributed by atoms with Crippen molar-refractivity contribution in [3.8, 4) is 11.3 Å². The van der Waals surface area contributed by atoms with Crippen molar-refractivity contribution in [1.29, 1.82) is 0 Å². The van der Waals surface area contributed by atoms with Crippen molar-refractivity contribution in [3.63, 3.8) is 0 Å². The molecule has 0 bridgehead atoms. The van der Waals surface area contributed by atoms with E-state index in [0.29, 0.717) is 17.0 Å². The van der Waals surface area contributed by atoms with Gasteiger partial charge in [-0.15, -0.1) is 0 Å². The average Bonchev–Trinajstić information content (AvgIpc) is 2.85. The second kappa shape index (κ2) is 8.91. The first-order valence-corrected chi connectivity index (χ1v) is 11.1. The molecule has 0 radical (unpaired) electrons. The van der Waals surface area contributed by atoms with Crippen molar-refractivity contribution < 1.29 is 4.74 Å². The number of anilines is 4.